The lowest BCUT2D eigenvalue weighted by molar-refractivity contribution is -0.384. The molecule has 0 radical (unpaired) electrons. The summed E-state index contributed by atoms with van der Waals surface area (Å²) in [5.41, 5.74) is 0.721. The predicted molar refractivity (Wildman–Crippen MR) is 82.8 cm³/mol. The van der Waals surface area contributed by atoms with Crippen molar-refractivity contribution in [2.75, 3.05) is 38.7 Å². The van der Waals surface area contributed by atoms with Crippen molar-refractivity contribution in [1.82, 2.24) is 4.90 Å². The van der Waals surface area contributed by atoms with Crippen molar-refractivity contribution in [2.24, 2.45) is 0 Å². The lowest BCUT2D eigenvalue weighted by Gasteiger charge is -2.33. The molecule has 1 heterocycles. The third kappa shape index (κ3) is 4.16. The quantitative estimate of drug-likeness (QED) is 0.638. The van der Waals surface area contributed by atoms with Crippen molar-refractivity contribution in [3.05, 3.63) is 33.9 Å². The van der Waals surface area contributed by atoms with E-state index in [1.54, 1.807) is 19.2 Å². The SMILES string of the molecule is COCCN1CCCC(Nc2ccc(C#N)cc2[N+](=O)[O-])C1. The van der Waals surface area contributed by atoms with E-state index in [0.717, 1.165) is 32.5 Å². The number of hydrogen-bond acceptors (Lipinski definition) is 6. The van der Waals surface area contributed by atoms with E-state index in [9.17, 15) is 10.1 Å². The molecule has 118 valence electrons. The van der Waals surface area contributed by atoms with Crippen LogP contribution >= 0.6 is 0 Å². The average Bonchev–Trinajstić information content (AvgIpc) is 2.53. The van der Waals surface area contributed by atoms with Gasteiger partial charge >= 0.3 is 0 Å². The van der Waals surface area contributed by atoms with Crippen LogP contribution in [0.25, 0.3) is 0 Å². The van der Waals surface area contributed by atoms with E-state index < -0.39 is 4.92 Å². The summed E-state index contributed by atoms with van der Waals surface area (Å²) in [6, 6.07) is 6.62. The Bertz CT molecular complexity index is 570. The fraction of sp³-hybridized carbons (Fsp3) is 0.533. The van der Waals surface area contributed by atoms with Crippen LogP contribution in [-0.2, 0) is 4.74 Å². The zero-order valence-electron chi connectivity index (χ0n) is 12.6. The maximum Gasteiger partial charge on any atom is 0.293 e. The molecule has 1 aliphatic rings. The minimum Gasteiger partial charge on any atom is -0.383 e. The van der Waals surface area contributed by atoms with Gasteiger partial charge in [0.25, 0.3) is 5.69 Å². The minimum atomic E-state index is -0.450. The molecule has 0 saturated carbocycles. The van der Waals surface area contributed by atoms with Crippen LogP contribution in [-0.4, -0.2) is 49.2 Å². The Morgan fingerprint density at radius 3 is 3.09 bits per heavy atom. The largest absolute Gasteiger partial charge is 0.383 e. The topological polar surface area (TPSA) is 91.4 Å². The molecule has 1 fully saturated rings. The maximum absolute atomic E-state index is 11.2. The monoisotopic (exact) mass is 304 g/mol. The first kappa shape index (κ1) is 16.2. The summed E-state index contributed by atoms with van der Waals surface area (Å²) < 4.78 is 5.09. The van der Waals surface area contributed by atoms with Gasteiger partial charge in [0, 0.05) is 32.3 Å². The molecule has 1 aromatic carbocycles. The number of nitro benzene ring substituents is 1. The molecule has 1 aromatic rings. The third-order valence-electron chi connectivity index (χ3n) is 3.80. The molecule has 1 unspecified atom stereocenters. The number of ether oxygens (including phenoxy) is 1. The predicted octanol–water partition coefficient (Wildman–Crippen LogP) is 1.99. The van der Waals surface area contributed by atoms with Crippen molar-refractivity contribution in [1.29, 1.82) is 5.26 Å². The number of benzene rings is 1. The number of rotatable bonds is 6. The molecule has 1 aliphatic heterocycles. The number of nitriles is 1. The van der Waals surface area contributed by atoms with E-state index in [4.69, 9.17) is 10.00 Å². The van der Waals surface area contributed by atoms with Crippen LogP contribution in [0.3, 0.4) is 0 Å². The Morgan fingerprint density at radius 2 is 2.41 bits per heavy atom. The van der Waals surface area contributed by atoms with Crippen molar-refractivity contribution in [3.8, 4) is 6.07 Å². The molecule has 7 heteroatoms. The zero-order chi connectivity index (χ0) is 15.9. The third-order valence-corrected chi connectivity index (χ3v) is 3.80. The van der Waals surface area contributed by atoms with Gasteiger partial charge in [-0.15, -0.1) is 0 Å². The van der Waals surface area contributed by atoms with E-state index in [0.29, 0.717) is 17.9 Å². The number of methoxy groups -OCH3 is 1. The van der Waals surface area contributed by atoms with Crippen LogP contribution in [0.1, 0.15) is 18.4 Å². The lowest BCUT2D eigenvalue weighted by Crippen LogP contribution is -2.43. The molecular formula is C15H20N4O3. The summed E-state index contributed by atoms with van der Waals surface area (Å²) in [5, 5.41) is 23.3. The van der Waals surface area contributed by atoms with Gasteiger partial charge in [0.2, 0.25) is 0 Å². The van der Waals surface area contributed by atoms with Crippen LogP contribution in [0.5, 0.6) is 0 Å². The van der Waals surface area contributed by atoms with E-state index in [-0.39, 0.29) is 11.7 Å². The van der Waals surface area contributed by atoms with Crippen molar-refractivity contribution >= 4 is 11.4 Å². The fourth-order valence-electron chi connectivity index (χ4n) is 2.69. The van der Waals surface area contributed by atoms with Gasteiger partial charge in [-0.1, -0.05) is 0 Å². The summed E-state index contributed by atoms with van der Waals surface area (Å²) >= 11 is 0. The minimum absolute atomic E-state index is 0.0481. The molecule has 2 rings (SSSR count). The number of anilines is 1. The highest BCUT2D eigenvalue weighted by Crippen LogP contribution is 2.27. The molecule has 0 aromatic heterocycles. The zero-order valence-corrected chi connectivity index (χ0v) is 12.6. The molecule has 7 nitrogen and oxygen atoms in total. The van der Waals surface area contributed by atoms with Gasteiger partial charge in [-0.25, -0.2) is 0 Å². The lowest BCUT2D eigenvalue weighted by atomic mass is 10.0. The number of nitrogens with one attached hydrogen (secondary N) is 1. The second kappa shape index (κ2) is 7.73. The van der Waals surface area contributed by atoms with E-state index in [1.165, 1.54) is 6.07 Å². The summed E-state index contributed by atoms with van der Waals surface area (Å²) in [7, 11) is 1.68. The normalized spacial score (nSPS) is 18.6. The standard InChI is InChI=1S/C15H20N4O3/c1-22-8-7-18-6-2-3-13(11-18)17-14-5-4-12(10-16)9-15(14)19(20)21/h4-5,9,13,17H,2-3,6-8,11H2,1H3. The fourth-order valence-corrected chi connectivity index (χ4v) is 2.69. The summed E-state index contributed by atoms with van der Waals surface area (Å²) in [6.07, 6.45) is 2.02. The molecule has 1 N–H and O–H groups in total. The van der Waals surface area contributed by atoms with Crippen LogP contribution in [0.2, 0.25) is 0 Å². The molecule has 0 spiro atoms. The molecule has 22 heavy (non-hydrogen) atoms. The Balaban J connectivity index is 2.06. The summed E-state index contributed by atoms with van der Waals surface area (Å²) in [5.74, 6) is 0. The molecular weight excluding hydrogens is 284 g/mol. The van der Waals surface area contributed by atoms with E-state index in [1.807, 2.05) is 6.07 Å². The Morgan fingerprint density at radius 1 is 1.59 bits per heavy atom. The number of hydrogen-bond donors (Lipinski definition) is 1. The van der Waals surface area contributed by atoms with Crippen molar-refractivity contribution in [3.63, 3.8) is 0 Å². The number of piperidine rings is 1. The smallest absolute Gasteiger partial charge is 0.293 e. The number of nitro groups is 1. The number of nitrogens with zero attached hydrogens (tertiary/aromatic N) is 3. The van der Waals surface area contributed by atoms with Gasteiger partial charge in [0.05, 0.1) is 23.2 Å². The first-order valence-corrected chi connectivity index (χ1v) is 7.30. The van der Waals surface area contributed by atoms with Gasteiger partial charge in [-0.3, -0.25) is 15.0 Å². The van der Waals surface area contributed by atoms with Gasteiger partial charge < -0.3 is 10.1 Å². The van der Waals surface area contributed by atoms with Crippen LogP contribution in [0.15, 0.2) is 18.2 Å². The molecule has 0 bridgehead atoms. The second-order valence-corrected chi connectivity index (χ2v) is 5.38. The number of likely N-dealkylation sites (tertiary alicyclic amines) is 1. The van der Waals surface area contributed by atoms with E-state index in [2.05, 4.69) is 10.2 Å². The molecule has 1 atom stereocenters. The van der Waals surface area contributed by atoms with Gasteiger partial charge in [0.1, 0.15) is 5.69 Å². The van der Waals surface area contributed by atoms with Crippen LogP contribution < -0.4 is 5.32 Å². The van der Waals surface area contributed by atoms with Crippen molar-refractivity contribution in [2.45, 2.75) is 18.9 Å². The first-order chi connectivity index (χ1) is 10.6. The molecule has 0 amide bonds. The second-order valence-electron chi connectivity index (χ2n) is 5.38. The highest BCUT2D eigenvalue weighted by atomic mass is 16.6. The summed E-state index contributed by atoms with van der Waals surface area (Å²) in [4.78, 5) is 13.0. The van der Waals surface area contributed by atoms with Crippen molar-refractivity contribution < 1.29 is 9.66 Å². The Kier molecular flexibility index (Phi) is 5.69. The highest BCUT2D eigenvalue weighted by molar-refractivity contribution is 5.64. The molecule has 1 saturated heterocycles. The average molecular weight is 304 g/mol. The Labute approximate surface area is 129 Å². The Hall–Kier alpha value is -2.17. The van der Waals surface area contributed by atoms with Crippen LogP contribution in [0.4, 0.5) is 11.4 Å². The maximum atomic E-state index is 11.2. The van der Waals surface area contributed by atoms with Gasteiger partial charge in [-0.05, 0) is 31.5 Å². The summed E-state index contributed by atoms with van der Waals surface area (Å²) in [6.45, 7) is 3.41. The highest BCUT2D eigenvalue weighted by Gasteiger charge is 2.22. The van der Waals surface area contributed by atoms with Gasteiger partial charge in [-0.2, -0.15) is 5.26 Å². The van der Waals surface area contributed by atoms with E-state index >= 15 is 0 Å². The van der Waals surface area contributed by atoms with Crippen LogP contribution in [0, 0.1) is 21.4 Å². The molecule has 0 aliphatic carbocycles. The first-order valence-electron chi connectivity index (χ1n) is 7.30. The van der Waals surface area contributed by atoms with Gasteiger partial charge in [0.15, 0.2) is 0 Å².